The number of hydrogen-bond donors (Lipinski definition) is 1. The number of ether oxygens (including phenoxy) is 1. The number of carbonyl (C=O) groups is 1. The van der Waals surface area contributed by atoms with Crippen molar-refractivity contribution in [1.82, 2.24) is 10.3 Å². The van der Waals surface area contributed by atoms with Crippen molar-refractivity contribution >= 4 is 17.3 Å². The van der Waals surface area contributed by atoms with E-state index in [4.69, 9.17) is 4.74 Å². The van der Waals surface area contributed by atoms with E-state index < -0.39 is 0 Å². The van der Waals surface area contributed by atoms with Gasteiger partial charge in [0.2, 0.25) is 0 Å². The van der Waals surface area contributed by atoms with Crippen molar-refractivity contribution in [2.24, 2.45) is 0 Å². The predicted molar refractivity (Wildman–Crippen MR) is 97.6 cm³/mol. The second-order valence-corrected chi connectivity index (χ2v) is 6.23. The number of amides is 1. The standard InChI is InChI=1S/C19H19N5O2/c20-12-14-3-4-22-13-17(14)24-9-10-26-18-11-15(1-2-16(18)19(24)25)23-7-5-21-6-8-23/h1-4,11,13,21H,5-10H2. The number of carbonyl (C=O) groups excluding carboxylic acids is 1. The Hall–Kier alpha value is -3.11. The molecular formula is C19H19N5O2. The van der Waals surface area contributed by atoms with Crippen LogP contribution >= 0.6 is 0 Å². The largest absolute Gasteiger partial charge is 0.491 e. The number of nitrogens with one attached hydrogen (secondary N) is 1. The fourth-order valence-corrected chi connectivity index (χ4v) is 3.35. The van der Waals surface area contributed by atoms with Gasteiger partial charge < -0.3 is 19.9 Å². The molecule has 1 fully saturated rings. The Labute approximate surface area is 151 Å². The Kier molecular flexibility index (Phi) is 4.42. The van der Waals surface area contributed by atoms with Crippen LogP contribution in [0.2, 0.25) is 0 Å². The Morgan fingerprint density at radius 2 is 2.04 bits per heavy atom. The van der Waals surface area contributed by atoms with Crippen molar-refractivity contribution in [3.05, 3.63) is 47.8 Å². The molecule has 0 bridgehead atoms. The van der Waals surface area contributed by atoms with Gasteiger partial charge in [-0.25, -0.2) is 0 Å². The number of aromatic nitrogens is 1. The number of benzene rings is 1. The zero-order valence-corrected chi connectivity index (χ0v) is 14.3. The molecule has 0 spiro atoms. The zero-order chi connectivity index (χ0) is 17.9. The van der Waals surface area contributed by atoms with Gasteiger partial charge in [0.05, 0.1) is 29.6 Å². The molecule has 2 aliphatic rings. The molecule has 0 aliphatic carbocycles. The summed E-state index contributed by atoms with van der Waals surface area (Å²) in [6, 6.07) is 9.45. The van der Waals surface area contributed by atoms with Crippen LogP contribution < -0.4 is 19.9 Å². The molecule has 3 heterocycles. The summed E-state index contributed by atoms with van der Waals surface area (Å²) in [6.45, 7) is 4.49. The van der Waals surface area contributed by atoms with E-state index in [-0.39, 0.29) is 5.91 Å². The van der Waals surface area contributed by atoms with E-state index in [1.54, 1.807) is 23.4 Å². The van der Waals surface area contributed by atoms with Gasteiger partial charge >= 0.3 is 0 Å². The average Bonchev–Trinajstić information content (AvgIpc) is 2.87. The first-order chi connectivity index (χ1) is 12.8. The second-order valence-electron chi connectivity index (χ2n) is 6.23. The summed E-state index contributed by atoms with van der Waals surface area (Å²) in [5.74, 6) is 0.421. The van der Waals surface area contributed by atoms with Crippen LogP contribution in [0.3, 0.4) is 0 Å². The minimum Gasteiger partial charge on any atom is -0.491 e. The maximum absolute atomic E-state index is 13.1. The van der Waals surface area contributed by atoms with Crippen molar-refractivity contribution in [2.45, 2.75) is 0 Å². The van der Waals surface area contributed by atoms with Crippen LogP contribution in [0.5, 0.6) is 5.75 Å². The molecule has 1 amide bonds. The van der Waals surface area contributed by atoms with Gasteiger partial charge in [0.1, 0.15) is 18.4 Å². The fraction of sp³-hybridized carbons (Fsp3) is 0.316. The van der Waals surface area contributed by atoms with Crippen LogP contribution in [0.15, 0.2) is 36.7 Å². The number of anilines is 2. The van der Waals surface area contributed by atoms with Crippen molar-refractivity contribution in [2.75, 3.05) is 49.1 Å². The monoisotopic (exact) mass is 349 g/mol. The minimum atomic E-state index is -0.172. The van der Waals surface area contributed by atoms with E-state index in [1.807, 2.05) is 18.2 Å². The lowest BCUT2D eigenvalue weighted by Gasteiger charge is -2.29. The number of hydrogen-bond acceptors (Lipinski definition) is 6. The molecule has 0 saturated carbocycles. The van der Waals surface area contributed by atoms with E-state index in [9.17, 15) is 10.1 Å². The van der Waals surface area contributed by atoms with Crippen LogP contribution in [-0.4, -0.2) is 50.2 Å². The summed E-state index contributed by atoms with van der Waals surface area (Å²) in [4.78, 5) is 21.0. The highest BCUT2D eigenvalue weighted by Crippen LogP contribution is 2.31. The molecule has 2 aromatic rings. The number of rotatable bonds is 2. The van der Waals surface area contributed by atoms with Crippen LogP contribution in [-0.2, 0) is 0 Å². The highest BCUT2D eigenvalue weighted by molar-refractivity contribution is 6.09. The van der Waals surface area contributed by atoms with Gasteiger partial charge in [-0.15, -0.1) is 0 Å². The molecule has 0 unspecified atom stereocenters. The summed E-state index contributed by atoms with van der Waals surface area (Å²) in [6.07, 6.45) is 3.10. The molecule has 4 rings (SSSR count). The molecule has 26 heavy (non-hydrogen) atoms. The van der Waals surface area contributed by atoms with Crippen molar-refractivity contribution in [3.63, 3.8) is 0 Å². The highest BCUT2D eigenvalue weighted by atomic mass is 16.5. The molecule has 1 saturated heterocycles. The van der Waals surface area contributed by atoms with Gasteiger partial charge in [-0.05, 0) is 18.2 Å². The van der Waals surface area contributed by atoms with Gasteiger partial charge in [-0.1, -0.05) is 0 Å². The third-order valence-electron chi connectivity index (χ3n) is 4.71. The summed E-state index contributed by atoms with van der Waals surface area (Å²) >= 11 is 0. The first-order valence-electron chi connectivity index (χ1n) is 8.66. The molecule has 0 radical (unpaired) electrons. The summed E-state index contributed by atoms with van der Waals surface area (Å²) < 4.78 is 5.87. The van der Waals surface area contributed by atoms with Crippen LogP contribution in [0.1, 0.15) is 15.9 Å². The lowest BCUT2D eigenvalue weighted by atomic mass is 10.1. The number of nitriles is 1. The number of nitrogens with zero attached hydrogens (tertiary/aromatic N) is 4. The average molecular weight is 349 g/mol. The van der Waals surface area contributed by atoms with E-state index >= 15 is 0 Å². The molecule has 132 valence electrons. The van der Waals surface area contributed by atoms with Gasteiger partial charge in [-0.3, -0.25) is 9.78 Å². The molecule has 7 heteroatoms. The van der Waals surface area contributed by atoms with Crippen LogP contribution in [0.4, 0.5) is 11.4 Å². The van der Waals surface area contributed by atoms with Gasteiger partial charge in [-0.2, -0.15) is 5.26 Å². The number of piperazine rings is 1. The summed E-state index contributed by atoms with van der Waals surface area (Å²) in [7, 11) is 0. The maximum atomic E-state index is 13.1. The molecule has 1 aromatic heterocycles. The smallest absolute Gasteiger partial charge is 0.262 e. The van der Waals surface area contributed by atoms with Crippen molar-refractivity contribution in [3.8, 4) is 11.8 Å². The topological polar surface area (TPSA) is 81.5 Å². The Morgan fingerprint density at radius 3 is 2.85 bits per heavy atom. The zero-order valence-electron chi connectivity index (χ0n) is 14.3. The summed E-state index contributed by atoms with van der Waals surface area (Å²) in [5, 5.41) is 12.7. The first kappa shape index (κ1) is 16.4. The molecule has 7 nitrogen and oxygen atoms in total. The second kappa shape index (κ2) is 7.02. The number of pyridine rings is 1. The minimum absolute atomic E-state index is 0.172. The van der Waals surface area contributed by atoms with E-state index in [1.165, 1.54) is 0 Å². The molecule has 2 aliphatic heterocycles. The van der Waals surface area contributed by atoms with Gasteiger partial charge in [0.15, 0.2) is 0 Å². The van der Waals surface area contributed by atoms with Gasteiger partial charge in [0, 0.05) is 44.1 Å². The Morgan fingerprint density at radius 1 is 1.19 bits per heavy atom. The quantitative estimate of drug-likeness (QED) is 0.883. The van der Waals surface area contributed by atoms with E-state index in [2.05, 4.69) is 21.3 Å². The van der Waals surface area contributed by atoms with E-state index in [0.29, 0.717) is 35.7 Å². The maximum Gasteiger partial charge on any atom is 0.262 e. The van der Waals surface area contributed by atoms with Crippen molar-refractivity contribution < 1.29 is 9.53 Å². The van der Waals surface area contributed by atoms with E-state index in [0.717, 1.165) is 31.9 Å². The SMILES string of the molecule is N#Cc1ccncc1N1CCOc2cc(N3CCNCC3)ccc2C1=O. The van der Waals surface area contributed by atoms with Gasteiger partial charge in [0.25, 0.3) is 5.91 Å². The third kappa shape index (κ3) is 2.95. The molecular weight excluding hydrogens is 330 g/mol. The lowest BCUT2D eigenvalue weighted by Crippen LogP contribution is -2.43. The fourth-order valence-electron chi connectivity index (χ4n) is 3.35. The Balaban J connectivity index is 1.67. The highest BCUT2D eigenvalue weighted by Gasteiger charge is 2.27. The molecule has 1 aromatic carbocycles. The van der Waals surface area contributed by atoms with Crippen LogP contribution in [0.25, 0.3) is 0 Å². The van der Waals surface area contributed by atoms with Crippen LogP contribution in [0, 0.1) is 11.3 Å². The molecule has 0 atom stereocenters. The Bertz CT molecular complexity index is 870. The predicted octanol–water partition coefficient (Wildman–Crippen LogP) is 1.40. The third-order valence-corrected chi connectivity index (χ3v) is 4.71. The number of fused-ring (bicyclic) bond motifs is 1. The van der Waals surface area contributed by atoms with Crippen molar-refractivity contribution in [1.29, 1.82) is 5.26 Å². The molecule has 1 N–H and O–H groups in total. The first-order valence-corrected chi connectivity index (χ1v) is 8.66. The summed E-state index contributed by atoms with van der Waals surface area (Å²) in [5.41, 5.74) is 2.51. The normalized spacial score (nSPS) is 17.1. The lowest BCUT2D eigenvalue weighted by molar-refractivity contribution is 0.0989.